The molecule has 1 nitrogen and oxygen atoms in total. The minimum atomic E-state index is 0.139. The second-order valence-electron chi connectivity index (χ2n) is 11.6. The molecule has 1 aliphatic carbocycles. The molecule has 4 aromatic carbocycles. The number of aryl methyl sites for hydroxylation is 1. The highest BCUT2D eigenvalue weighted by Crippen LogP contribution is 2.50. The van der Waals surface area contributed by atoms with Crippen molar-refractivity contribution in [3.05, 3.63) is 101 Å². The van der Waals surface area contributed by atoms with Crippen LogP contribution in [0, 0.1) is 6.92 Å². The Balaban J connectivity index is 1.65. The minimum Gasteiger partial charge on any atom is -0.309 e. The Bertz CT molecular complexity index is 1600. The van der Waals surface area contributed by atoms with Crippen molar-refractivity contribution in [2.75, 3.05) is 4.90 Å². The third-order valence-electron chi connectivity index (χ3n) is 8.00. The maximum Gasteiger partial charge on any atom is 0.0640 e. The summed E-state index contributed by atoms with van der Waals surface area (Å²) in [6, 6.07) is 28.9. The zero-order chi connectivity index (χ0) is 25.2. The van der Waals surface area contributed by atoms with Gasteiger partial charge in [-0.2, -0.15) is 0 Å². The van der Waals surface area contributed by atoms with Gasteiger partial charge < -0.3 is 4.90 Å². The summed E-state index contributed by atoms with van der Waals surface area (Å²) in [5.74, 6) is 0. The predicted octanol–water partition coefficient (Wildman–Crippen LogP) is 10.8. The van der Waals surface area contributed by atoms with E-state index >= 15 is 0 Å². The average molecular weight is 510 g/mol. The molecule has 0 bridgehead atoms. The standard InChI is InChI=1S/C33H32ClNS/c1-21-17-22(34)19-24(18-21)35(23-13-14-27-28(20-23)33(4,5)16-15-32(27,2)3)29-11-8-10-26-25-9-6-7-12-30(25)36-31(26)29/h6-14,17-20H,15-16H2,1-5H3. The number of thiophene rings is 1. The molecule has 0 spiro atoms. The van der Waals surface area contributed by atoms with E-state index in [1.54, 1.807) is 0 Å². The van der Waals surface area contributed by atoms with Gasteiger partial charge in [-0.15, -0.1) is 11.3 Å². The number of nitrogens with zero attached hydrogens (tertiary/aromatic N) is 1. The summed E-state index contributed by atoms with van der Waals surface area (Å²) in [6.45, 7) is 11.7. The Morgan fingerprint density at radius 1 is 0.722 bits per heavy atom. The topological polar surface area (TPSA) is 3.24 Å². The average Bonchev–Trinajstić information content (AvgIpc) is 3.21. The lowest BCUT2D eigenvalue weighted by atomic mass is 9.63. The fourth-order valence-corrected chi connectivity index (χ4v) is 7.39. The van der Waals surface area contributed by atoms with Gasteiger partial charge in [0, 0.05) is 31.9 Å². The molecule has 36 heavy (non-hydrogen) atoms. The second kappa shape index (κ2) is 8.36. The van der Waals surface area contributed by atoms with E-state index in [4.69, 9.17) is 11.6 Å². The highest BCUT2D eigenvalue weighted by molar-refractivity contribution is 7.26. The van der Waals surface area contributed by atoms with Crippen LogP contribution in [0.25, 0.3) is 20.2 Å². The Labute approximate surface area is 223 Å². The molecule has 0 fully saturated rings. The monoisotopic (exact) mass is 509 g/mol. The summed E-state index contributed by atoms with van der Waals surface area (Å²) in [5, 5.41) is 3.38. The van der Waals surface area contributed by atoms with Crippen LogP contribution < -0.4 is 4.90 Å². The maximum absolute atomic E-state index is 6.63. The van der Waals surface area contributed by atoms with Gasteiger partial charge in [0.1, 0.15) is 0 Å². The SMILES string of the molecule is Cc1cc(Cl)cc(N(c2ccc3c(c2)C(C)(C)CCC3(C)C)c2cccc3c2sc2ccccc23)c1. The maximum atomic E-state index is 6.63. The molecule has 0 unspecified atom stereocenters. The number of rotatable bonds is 3. The van der Waals surface area contributed by atoms with Gasteiger partial charge in [0.15, 0.2) is 0 Å². The van der Waals surface area contributed by atoms with Gasteiger partial charge in [-0.25, -0.2) is 0 Å². The van der Waals surface area contributed by atoms with E-state index in [0.717, 1.165) is 16.3 Å². The van der Waals surface area contributed by atoms with E-state index in [2.05, 4.69) is 112 Å². The molecule has 1 aromatic heterocycles. The van der Waals surface area contributed by atoms with E-state index in [1.165, 1.54) is 55.5 Å². The number of hydrogen-bond donors (Lipinski definition) is 0. The molecular formula is C33H32ClNS. The summed E-state index contributed by atoms with van der Waals surface area (Å²) < 4.78 is 2.61. The second-order valence-corrected chi connectivity index (χ2v) is 13.1. The van der Waals surface area contributed by atoms with Crippen molar-refractivity contribution in [1.29, 1.82) is 0 Å². The van der Waals surface area contributed by atoms with Crippen LogP contribution in [0.2, 0.25) is 5.02 Å². The number of halogens is 1. The van der Waals surface area contributed by atoms with Gasteiger partial charge in [0.2, 0.25) is 0 Å². The number of fused-ring (bicyclic) bond motifs is 4. The fourth-order valence-electron chi connectivity index (χ4n) is 5.90. The van der Waals surface area contributed by atoms with E-state index in [0.29, 0.717) is 0 Å². The summed E-state index contributed by atoms with van der Waals surface area (Å²) in [6.07, 6.45) is 2.41. The first-order chi connectivity index (χ1) is 17.1. The van der Waals surface area contributed by atoms with Crippen LogP contribution in [0.3, 0.4) is 0 Å². The van der Waals surface area contributed by atoms with Crippen LogP contribution >= 0.6 is 22.9 Å². The summed E-state index contributed by atoms with van der Waals surface area (Å²) >= 11 is 8.49. The molecule has 6 rings (SSSR count). The molecule has 1 aliphatic rings. The lowest BCUT2D eigenvalue weighted by Crippen LogP contribution is -2.34. The normalized spacial score (nSPS) is 16.3. The number of anilines is 3. The third-order valence-corrected chi connectivity index (χ3v) is 9.43. The molecule has 0 atom stereocenters. The van der Waals surface area contributed by atoms with E-state index in [1.807, 2.05) is 17.4 Å². The number of hydrogen-bond acceptors (Lipinski definition) is 2. The molecule has 0 aliphatic heterocycles. The molecule has 0 radical (unpaired) electrons. The van der Waals surface area contributed by atoms with Crippen LogP contribution in [0.15, 0.2) is 78.9 Å². The van der Waals surface area contributed by atoms with Crippen molar-refractivity contribution in [3.8, 4) is 0 Å². The molecule has 0 saturated carbocycles. The van der Waals surface area contributed by atoms with Gasteiger partial charge in [-0.3, -0.25) is 0 Å². The van der Waals surface area contributed by atoms with Crippen molar-refractivity contribution in [2.45, 2.75) is 58.3 Å². The molecule has 1 heterocycles. The van der Waals surface area contributed by atoms with E-state index in [-0.39, 0.29) is 10.8 Å². The molecule has 0 N–H and O–H groups in total. The largest absolute Gasteiger partial charge is 0.309 e. The predicted molar refractivity (Wildman–Crippen MR) is 159 cm³/mol. The summed E-state index contributed by atoms with van der Waals surface area (Å²) in [5.41, 5.74) is 7.90. The molecule has 3 heteroatoms. The van der Waals surface area contributed by atoms with Crippen LogP contribution in [0.4, 0.5) is 17.1 Å². The van der Waals surface area contributed by atoms with Gasteiger partial charge >= 0.3 is 0 Å². The van der Waals surface area contributed by atoms with Crippen LogP contribution in [0.1, 0.15) is 57.2 Å². The van der Waals surface area contributed by atoms with Gasteiger partial charge in [-0.1, -0.05) is 75.7 Å². The Morgan fingerprint density at radius 2 is 1.44 bits per heavy atom. The first-order valence-electron chi connectivity index (χ1n) is 12.8. The smallest absolute Gasteiger partial charge is 0.0640 e. The van der Waals surface area contributed by atoms with Crippen molar-refractivity contribution >= 4 is 60.2 Å². The molecule has 0 saturated heterocycles. The van der Waals surface area contributed by atoms with Crippen LogP contribution in [-0.2, 0) is 10.8 Å². The van der Waals surface area contributed by atoms with Crippen molar-refractivity contribution in [1.82, 2.24) is 0 Å². The van der Waals surface area contributed by atoms with Crippen molar-refractivity contribution in [2.24, 2.45) is 0 Å². The molecule has 182 valence electrons. The lowest BCUT2D eigenvalue weighted by Gasteiger charge is -2.42. The summed E-state index contributed by atoms with van der Waals surface area (Å²) in [4.78, 5) is 2.41. The Kier molecular flexibility index (Phi) is 5.48. The van der Waals surface area contributed by atoms with E-state index in [9.17, 15) is 0 Å². The number of benzene rings is 4. The minimum absolute atomic E-state index is 0.139. The fraction of sp³-hybridized carbons (Fsp3) is 0.273. The molecule has 5 aromatic rings. The Hall–Kier alpha value is -2.81. The van der Waals surface area contributed by atoms with Crippen molar-refractivity contribution in [3.63, 3.8) is 0 Å². The zero-order valence-electron chi connectivity index (χ0n) is 21.7. The van der Waals surface area contributed by atoms with Gasteiger partial charge in [-0.05, 0) is 89.8 Å². The van der Waals surface area contributed by atoms with Crippen LogP contribution in [-0.4, -0.2) is 0 Å². The lowest BCUT2D eigenvalue weighted by molar-refractivity contribution is 0.332. The van der Waals surface area contributed by atoms with E-state index < -0.39 is 0 Å². The Morgan fingerprint density at radius 3 is 2.22 bits per heavy atom. The molecular weight excluding hydrogens is 478 g/mol. The highest BCUT2D eigenvalue weighted by atomic mass is 35.5. The third kappa shape index (κ3) is 3.83. The van der Waals surface area contributed by atoms with Crippen LogP contribution in [0.5, 0.6) is 0 Å². The molecule has 0 amide bonds. The van der Waals surface area contributed by atoms with Gasteiger partial charge in [0.25, 0.3) is 0 Å². The summed E-state index contributed by atoms with van der Waals surface area (Å²) in [7, 11) is 0. The van der Waals surface area contributed by atoms with Crippen molar-refractivity contribution < 1.29 is 0 Å². The highest BCUT2D eigenvalue weighted by Gasteiger charge is 2.37. The zero-order valence-corrected chi connectivity index (χ0v) is 23.2. The first-order valence-corrected chi connectivity index (χ1v) is 14.0. The van der Waals surface area contributed by atoms with Gasteiger partial charge in [0.05, 0.1) is 10.4 Å². The quantitative estimate of drug-likeness (QED) is 0.233. The first kappa shape index (κ1) is 23.6.